The van der Waals surface area contributed by atoms with Crippen molar-refractivity contribution < 1.29 is 19.8 Å². The molecule has 176 valence electrons. The Balaban J connectivity index is 0.000000311. The molecule has 0 aromatic heterocycles. The summed E-state index contributed by atoms with van der Waals surface area (Å²) in [5.74, 6) is -0.881. The Morgan fingerprint density at radius 2 is 1.32 bits per heavy atom. The summed E-state index contributed by atoms with van der Waals surface area (Å²) in [7, 11) is 0. The maximum atomic E-state index is 10.8. The number of carbonyl (C=O) groups is 2. The molecule has 0 spiro atoms. The maximum Gasteiger partial charge on any atom is 0.307 e. The van der Waals surface area contributed by atoms with Gasteiger partial charge in [0.25, 0.3) is 0 Å². The van der Waals surface area contributed by atoms with Crippen LogP contribution in [0.1, 0.15) is 77.7 Å². The molecule has 0 saturated heterocycles. The van der Waals surface area contributed by atoms with Crippen molar-refractivity contribution >= 4 is 11.9 Å². The van der Waals surface area contributed by atoms with Gasteiger partial charge in [-0.3, -0.25) is 9.59 Å². The second kappa shape index (κ2) is 13.5. The number of hydrogen-bond donors (Lipinski definition) is 4. The first-order valence-corrected chi connectivity index (χ1v) is 11.6. The molecule has 0 aliphatic heterocycles. The molecule has 1 aromatic carbocycles. The monoisotopic (exact) mass is 434 g/mol. The van der Waals surface area contributed by atoms with Crippen molar-refractivity contribution in [3.05, 3.63) is 35.9 Å². The highest BCUT2D eigenvalue weighted by Crippen LogP contribution is 2.33. The molecular weight excluding hydrogens is 392 g/mol. The van der Waals surface area contributed by atoms with Crippen molar-refractivity contribution in [1.82, 2.24) is 0 Å². The minimum Gasteiger partial charge on any atom is -0.481 e. The number of carboxylic acids is 2. The Bertz CT molecular complexity index is 661. The van der Waals surface area contributed by atoms with Gasteiger partial charge in [-0.1, -0.05) is 83.7 Å². The standard InChI is InChI=1S/C13H19NO2.C12H23NO2/c1-9(11-6-4-3-5-7-11)8-12(14)10(2)13(15)16;1-8(10-5-3-4-6-10)7-11(13)9(2)12(14)15/h3-7,9-10,12H,8,14H2,1-2H3,(H,15,16);8-11H,3-7,13H2,1-2H3,(H,14,15). The number of nitrogens with two attached hydrogens (primary N) is 2. The summed E-state index contributed by atoms with van der Waals surface area (Å²) < 4.78 is 0. The summed E-state index contributed by atoms with van der Waals surface area (Å²) in [5.41, 5.74) is 13.0. The fourth-order valence-corrected chi connectivity index (χ4v) is 4.25. The molecular formula is C25H42N2O4. The number of carboxylic acid groups (broad SMARTS) is 2. The van der Waals surface area contributed by atoms with Crippen LogP contribution in [0.4, 0.5) is 0 Å². The van der Waals surface area contributed by atoms with Gasteiger partial charge in [0.05, 0.1) is 11.8 Å². The third-order valence-corrected chi connectivity index (χ3v) is 6.91. The highest BCUT2D eigenvalue weighted by Gasteiger charge is 2.27. The summed E-state index contributed by atoms with van der Waals surface area (Å²) >= 11 is 0. The molecule has 0 amide bonds. The van der Waals surface area contributed by atoms with E-state index in [-0.39, 0.29) is 18.0 Å². The average molecular weight is 435 g/mol. The van der Waals surface area contributed by atoms with Crippen molar-refractivity contribution in [2.24, 2.45) is 35.1 Å². The van der Waals surface area contributed by atoms with E-state index in [9.17, 15) is 9.59 Å². The van der Waals surface area contributed by atoms with E-state index in [2.05, 4.69) is 13.8 Å². The first kappa shape index (κ1) is 27.1. The number of rotatable bonds is 10. The Morgan fingerprint density at radius 1 is 0.871 bits per heavy atom. The van der Waals surface area contributed by atoms with Crippen LogP contribution in [0.2, 0.25) is 0 Å². The Kier molecular flexibility index (Phi) is 11.8. The Hall–Kier alpha value is -1.92. The quantitative estimate of drug-likeness (QED) is 0.430. The SMILES string of the molecule is CC(CC(N)C(C)C(=O)O)C1CCCC1.CC(CC(N)C(C)C(=O)O)c1ccccc1. The topological polar surface area (TPSA) is 127 Å². The van der Waals surface area contributed by atoms with E-state index in [0.29, 0.717) is 12.3 Å². The van der Waals surface area contributed by atoms with Crippen LogP contribution in [-0.4, -0.2) is 34.2 Å². The molecule has 1 fully saturated rings. The first-order valence-electron chi connectivity index (χ1n) is 11.6. The highest BCUT2D eigenvalue weighted by atomic mass is 16.4. The zero-order chi connectivity index (χ0) is 23.6. The first-order chi connectivity index (χ1) is 14.5. The maximum absolute atomic E-state index is 10.8. The Labute approximate surface area is 187 Å². The van der Waals surface area contributed by atoms with Crippen molar-refractivity contribution in [3.63, 3.8) is 0 Å². The van der Waals surface area contributed by atoms with Gasteiger partial charge in [0.2, 0.25) is 0 Å². The van der Waals surface area contributed by atoms with E-state index in [1.165, 1.54) is 31.2 Å². The van der Waals surface area contributed by atoms with E-state index < -0.39 is 23.8 Å². The lowest BCUT2D eigenvalue weighted by atomic mass is 9.84. The lowest BCUT2D eigenvalue weighted by molar-refractivity contribution is -0.142. The zero-order valence-corrected chi connectivity index (χ0v) is 19.5. The largest absolute Gasteiger partial charge is 0.481 e. The summed E-state index contributed by atoms with van der Waals surface area (Å²) in [6.07, 6.45) is 6.80. The van der Waals surface area contributed by atoms with Gasteiger partial charge < -0.3 is 21.7 Å². The Morgan fingerprint density at radius 3 is 1.77 bits per heavy atom. The molecule has 6 atom stereocenters. The smallest absolute Gasteiger partial charge is 0.307 e. The van der Waals surface area contributed by atoms with Gasteiger partial charge in [0.1, 0.15) is 0 Å². The van der Waals surface area contributed by atoms with E-state index in [1.807, 2.05) is 30.3 Å². The van der Waals surface area contributed by atoms with E-state index >= 15 is 0 Å². The van der Waals surface area contributed by atoms with Crippen molar-refractivity contribution in [2.75, 3.05) is 0 Å². The van der Waals surface area contributed by atoms with Gasteiger partial charge in [-0.2, -0.15) is 0 Å². The number of benzene rings is 1. The third-order valence-electron chi connectivity index (χ3n) is 6.91. The van der Waals surface area contributed by atoms with Crippen molar-refractivity contribution in [3.8, 4) is 0 Å². The van der Waals surface area contributed by atoms with Gasteiger partial charge in [-0.15, -0.1) is 0 Å². The van der Waals surface area contributed by atoms with Crippen LogP contribution in [0.3, 0.4) is 0 Å². The second-order valence-electron chi connectivity index (χ2n) is 9.39. The van der Waals surface area contributed by atoms with Gasteiger partial charge in [-0.25, -0.2) is 0 Å². The molecule has 31 heavy (non-hydrogen) atoms. The molecule has 1 aromatic rings. The summed E-state index contributed by atoms with van der Waals surface area (Å²) in [4.78, 5) is 21.5. The highest BCUT2D eigenvalue weighted by molar-refractivity contribution is 5.70. The van der Waals surface area contributed by atoms with Crippen LogP contribution in [0.25, 0.3) is 0 Å². The molecule has 1 aliphatic carbocycles. The fourth-order valence-electron chi connectivity index (χ4n) is 4.25. The predicted octanol–water partition coefficient (Wildman–Crippen LogP) is 4.48. The summed E-state index contributed by atoms with van der Waals surface area (Å²) in [6, 6.07) is 9.53. The van der Waals surface area contributed by atoms with Crippen LogP contribution >= 0.6 is 0 Å². The van der Waals surface area contributed by atoms with E-state index in [1.54, 1.807) is 13.8 Å². The summed E-state index contributed by atoms with van der Waals surface area (Å²) in [6.45, 7) is 7.65. The molecule has 1 saturated carbocycles. The van der Waals surface area contributed by atoms with Crippen LogP contribution in [0.5, 0.6) is 0 Å². The van der Waals surface area contributed by atoms with Gasteiger partial charge in [-0.05, 0) is 36.2 Å². The van der Waals surface area contributed by atoms with Gasteiger partial charge in [0, 0.05) is 12.1 Å². The van der Waals surface area contributed by atoms with Crippen LogP contribution in [0.15, 0.2) is 30.3 Å². The molecule has 6 unspecified atom stereocenters. The zero-order valence-electron chi connectivity index (χ0n) is 19.5. The van der Waals surface area contributed by atoms with Gasteiger partial charge >= 0.3 is 11.9 Å². The molecule has 6 nitrogen and oxygen atoms in total. The number of hydrogen-bond acceptors (Lipinski definition) is 4. The van der Waals surface area contributed by atoms with Gasteiger partial charge in [0.15, 0.2) is 0 Å². The summed E-state index contributed by atoms with van der Waals surface area (Å²) in [5, 5.41) is 17.7. The normalized spacial score (nSPS) is 19.9. The molecule has 1 aliphatic rings. The van der Waals surface area contributed by atoms with Crippen LogP contribution in [-0.2, 0) is 9.59 Å². The average Bonchev–Trinajstić information content (AvgIpc) is 3.28. The number of aliphatic carboxylic acids is 2. The third kappa shape index (κ3) is 9.40. The minimum absolute atomic E-state index is 0.196. The molecule has 6 N–H and O–H groups in total. The lowest BCUT2D eigenvalue weighted by Gasteiger charge is -2.24. The molecule has 2 rings (SSSR count). The van der Waals surface area contributed by atoms with E-state index in [4.69, 9.17) is 21.7 Å². The second-order valence-corrected chi connectivity index (χ2v) is 9.39. The molecule has 0 radical (unpaired) electrons. The lowest BCUT2D eigenvalue weighted by Crippen LogP contribution is -2.35. The molecule has 0 bridgehead atoms. The molecule has 0 heterocycles. The predicted molar refractivity (Wildman–Crippen MR) is 125 cm³/mol. The van der Waals surface area contributed by atoms with Crippen molar-refractivity contribution in [1.29, 1.82) is 0 Å². The minimum atomic E-state index is -0.826. The van der Waals surface area contributed by atoms with Crippen molar-refractivity contribution in [2.45, 2.75) is 84.2 Å². The van der Waals surface area contributed by atoms with E-state index in [0.717, 1.165) is 12.3 Å². The van der Waals surface area contributed by atoms with Crippen LogP contribution in [0, 0.1) is 23.7 Å². The molecule has 6 heteroatoms. The van der Waals surface area contributed by atoms with Crippen LogP contribution < -0.4 is 11.5 Å². The fraction of sp³-hybridized carbons (Fsp3) is 0.680.